The van der Waals surface area contributed by atoms with Crippen LogP contribution in [0.15, 0.2) is 78.9 Å². The van der Waals surface area contributed by atoms with Gasteiger partial charge in [0.25, 0.3) is 0 Å². The summed E-state index contributed by atoms with van der Waals surface area (Å²) in [4.78, 5) is 25.3. The lowest BCUT2D eigenvalue weighted by Crippen LogP contribution is -2.30. The molecule has 1 aliphatic rings. The fourth-order valence-corrected chi connectivity index (χ4v) is 4.85. The lowest BCUT2D eigenvalue weighted by Gasteiger charge is -2.20. The maximum Gasteiger partial charge on any atom is 0.307 e. The molecule has 3 aromatic carbocycles. The first kappa shape index (κ1) is 21.8. The third-order valence-electron chi connectivity index (χ3n) is 6.42. The molecule has 4 rings (SSSR count). The molecule has 1 N–H and O–H groups in total. The second kappa shape index (κ2) is 9.82. The van der Waals surface area contributed by atoms with Crippen molar-refractivity contribution < 1.29 is 19.4 Å². The van der Waals surface area contributed by atoms with Crippen LogP contribution in [0.25, 0.3) is 11.1 Å². The largest absolute Gasteiger partial charge is 0.494 e. The number of carboxylic acid groups (broad SMARTS) is 1. The number of carbonyl (C=O) groups is 2. The number of ketones is 1. The second-order valence-electron chi connectivity index (χ2n) is 8.40. The number of carboxylic acids is 1. The Labute approximate surface area is 188 Å². The van der Waals surface area contributed by atoms with Crippen LogP contribution >= 0.6 is 0 Å². The van der Waals surface area contributed by atoms with Gasteiger partial charge < -0.3 is 9.84 Å². The molecule has 164 valence electrons. The van der Waals surface area contributed by atoms with Crippen molar-refractivity contribution in [2.24, 2.45) is 17.8 Å². The van der Waals surface area contributed by atoms with E-state index < -0.39 is 17.8 Å². The minimum Gasteiger partial charge on any atom is -0.494 e. The molecule has 0 amide bonds. The minimum absolute atomic E-state index is 0.0213. The van der Waals surface area contributed by atoms with Crippen molar-refractivity contribution in [1.29, 1.82) is 0 Å². The smallest absolute Gasteiger partial charge is 0.307 e. The zero-order valence-corrected chi connectivity index (χ0v) is 18.2. The monoisotopic (exact) mass is 428 g/mol. The Morgan fingerprint density at radius 1 is 0.875 bits per heavy atom. The fraction of sp³-hybridized carbons (Fsp3) is 0.286. The van der Waals surface area contributed by atoms with Crippen molar-refractivity contribution in [1.82, 2.24) is 0 Å². The highest BCUT2D eigenvalue weighted by Crippen LogP contribution is 2.41. The predicted molar refractivity (Wildman–Crippen MR) is 125 cm³/mol. The Morgan fingerprint density at radius 3 is 2.09 bits per heavy atom. The number of carbonyl (C=O) groups excluding carboxylic acids is 1. The first-order valence-corrected chi connectivity index (χ1v) is 11.2. The Morgan fingerprint density at radius 2 is 1.50 bits per heavy atom. The van der Waals surface area contributed by atoms with Gasteiger partial charge in [-0.15, -0.1) is 0 Å². The maximum atomic E-state index is 13.2. The number of Topliss-reactive ketones (excluding diaryl/α,β-unsaturated/α-hetero) is 1. The summed E-state index contributed by atoms with van der Waals surface area (Å²) in [7, 11) is 0. The summed E-state index contributed by atoms with van der Waals surface area (Å²) in [5.41, 5.74) is 3.75. The van der Waals surface area contributed by atoms with E-state index in [1.165, 1.54) is 0 Å². The molecular formula is C28H28O4. The molecular weight excluding hydrogens is 400 g/mol. The van der Waals surface area contributed by atoms with Gasteiger partial charge in [0.15, 0.2) is 5.78 Å². The van der Waals surface area contributed by atoms with Crippen LogP contribution in [0, 0.1) is 17.8 Å². The second-order valence-corrected chi connectivity index (χ2v) is 8.40. The van der Waals surface area contributed by atoms with Crippen LogP contribution < -0.4 is 4.74 Å². The van der Waals surface area contributed by atoms with Gasteiger partial charge in [-0.05, 0) is 60.9 Å². The summed E-state index contributed by atoms with van der Waals surface area (Å²) in [6.45, 7) is 2.58. The highest BCUT2D eigenvalue weighted by molar-refractivity contribution is 6.00. The number of rotatable bonds is 8. The average Bonchev–Trinajstić information content (AvgIpc) is 3.24. The summed E-state index contributed by atoms with van der Waals surface area (Å²) in [5, 5.41) is 9.92. The van der Waals surface area contributed by atoms with Crippen molar-refractivity contribution in [3.8, 4) is 16.9 Å². The minimum atomic E-state index is -0.868. The first-order valence-electron chi connectivity index (χ1n) is 11.2. The highest BCUT2D eigenvalue weighted by Gasteiger charge is 2.44. The number of hydrogen-bond acceptors (Lipinski definition) is 3. The summed E-state index contributed by atoms with van der Waals surface area (Å²) in [6.07, 6.45) is 2.07. The van der Waals surface area contributed by atoms with Gasteiger partial charge in [0, 0.05) is 11.5 Å². The van der Waals surface area contributed by atoms with E-state index in [2.05, 4.69) is 0 Å². The predicted octanol–water partition coefficient (Wildman–Crippen LogP) is 5.90. The molecule has 0 bridgehead atoms. The van der Waals surface area contributed by atoms with E-state index in [0.717, 1.165) is 28.9 Å². The molecule has 1 aliphatic carbocycles. The zero-order chi connectivity index (χ0) is 22.5. The van der Waals surface area contributed by atoms with Crippen molar-refractivity contribution in [2.45, 2.75) is 26.2 Å². The molecule has 4 nitrogen and oxygen atoms in total. The topological polar surface area (TPSA) is 63.6 Å². The lowest BCUT2D eigenvalue weighted by molar-refractivity contribution is -0.144. The van der Waals surface area contributed by atoms with Crippen molar-refractivity contribution in [3.63, 3.8) is 0 Å². The van der Waals surface area contributed by atoms with E-state index in [9.17, 15) is 14.7 Å². The van der Waals surface area contributed by atoms with Crippen LogP contribution in [0.5, 0.6) is 5.75 Å². The molecule has 0 saturated heterocycles. The normalized spacial score (nSPS) is 20.1. The Hall–Kier alpha value is -3.40. The molecule has 32 heavy (non-hydrogen) atoms. The average molecular weight is 429 g/mol. The van der Waals surface area contributed by atoms with Crippen molar-refractivity contribution >= 4 is 11.8 Å². The van der Waals surface area contributed by atoms with E-state index in [4.69, 9.17) is 4.74 Å². The van der Waals surface area contributed by atoms with Crippen LogP contribution in [-0.4, -0.2) is 23.5 Å². The molecule has 1 saturated carbocycles. The van der Waals surface area contributed by atoms with E-state index in [-0.39, 0.29) is 11.7 Å². The van der Waals surface area contributed by atoms with Gasteiger partial charge in [-0.1, -0.05) is 66.7 Å². The van der Waals surface area contributed by atoms with Gasteiger partial charge in [-0.3, -0.25) is 9.59 Å². The van der Waals surface area contributed by atoms with Gasteiger partial charge in [0.1, 0.15) is 5.75 Å². The molecule has 0 aromatic heterocycles. The number of aliphatic carboxylic acids is 1. The van der Waals surface area contributed by atoms with Gasteiger partial charge in [0.05, 0.1) is 12.5 Å². The standard InChI is InChI=1S/C28H28O4/c1-2-32-24-15-12-21(13-16-24)20-8-10-22(11-9-20)27(29)25-17-14-23(26(25)28(30)31)18-19-6-4-3-5-7-19/h3-13,15-16,23,25-26H,2,14,17-18H2,1H3,(H,30,31)/t23?,25-,26?/m1/s1. The third kappa shape index (κ3) is 4.75. The molecule has 0 heterocycles. The van der Waals surface area contributed by atoms with Gasteiger partial charge in [-0.25, -0.2) is 0 Å². The van der Waals surface area contributed by atoms with E-state index in [0.29, 0.717) is 25.0 Å². The number of hydrogen-bond donors (Lipinski definition) is 1. The van der Waals surface area contributed by atoms with Crippen LogP contribution in [-0.2, 0) is 11.2 Å². The highest BCUT2D eigenvalue weighted by atomic mass is 16.5. The molecule has 1 fully saturated rings. The summed E-state index contributed by atoms with van der Waals surface area (Å²) < 4.78 is 5.49. The lowest BCUT2D eigenvalue weighted by atomic mass is 9.82. The SMILES string of the molecule is CCOc1ccc(-c2ccc(C(=O)[C@@H]3CCC(Cc4ccccc4)C3C(=O)O)cc2)cc1. The van der Waals surface area contributed by atoms with E-state index in [1.54, 1.807) is 0 Å². The third-order valence-corrected chi connectivity index (χ3v) is 6.42. The fourth-order valence-electron chi connectivity index (χ4n) is 4.85. The molecule has 0 aliphatic heterocycles. The molecule has 2 unspecified atom stereocenters. The van der Waals surface area contributed by atoms with Gasteiger partial charge in [0.2, 0.25) is 0 Å². The van der Waals surface area contributed by atoms with Crippen LogP contribution in [0.4, 0.5) is 0 Å². The van der Waals surface area contributed by atoms with Crippen LogP contribution in [0.3, 0.4) is 0 Å². The Bertz CT molecular complexity index is 1050. The van der Waals surface area contributed by atoms with E-state index in [1.807, 2.05) is 85.8 Å². The first-order chi connectivity index (χ1) is 15.6. The summed E-state index contributed by atoms with van der Waals surface area (Å²) >= 11 is 0. The number of benzene rings is 3. The maximum absolute atomic E-state index is 13.2. The van der Waals surface area contributed by atoms with E-state index >= 15 is 0 Å². The molecule has 3 atom stereocenters. The summed E-state index contributed by atoms with van der Waals surface area (Å²) in [6, 6.07) is 25.3. The van der Waals surface area contributed by atoms with Crippen LogP contribution in [0.1, 0.15) is 35.7 Å². The van der Waals surface area contributed by atoms with Crippen molar-refractivity contribution in [2.75, 3.05) is 6.61 Å². The molecule has 0 radical (unpaired) electrons. The Kier molecular flexibility index (Phi) is 6.69. The quantitative estimate of drug-likeness (QED) is 0.453. The van der Waals surface area contributed by atoms with Crippen molar-refractivity contribution in [3.05, 3.63) is 90.0 Å². The molecule has 3 aromatic rings. The van der Waals surface area contributed by atoms with Crippen LogP contribution in [0.2, 0.25) is 0 Å². The number of ether oxygens (including phenoxy) is 1. The molecule has 4 heteroatoms. The summed E-state index contributed by atoms with van der Waals surface area (Å²) in [5.74, 6) is -1.24. The Balaban J connectivity index is 1.48. The molecule has 0 spiro atoms. The zero-order valence-electron chi connectivity index (χ0n) is 18.2. The van der Waals surface area contributed by atoms with Gasteiger partial charge >= 0.3 is 5.97 Å². The van der Waals surface area contributed by atoms with Gasteiger partial charge in [-0.2, -0.15) is 0 Å².